The SMILES string of the molecule is O=C(Cc1ccncc1)Nc1ccc(CCN(Cc2ccccc2)C[C@H](O)c2ccccc2)cc1. The molecule has 0 unspecified atom stereocenters. The minimum absolute atomic E-state index is 0.0483. The highest BCUT2D eigenvalue weighted by atomic mass is 16.3. The standard InChI is InChI=1S/C30H31N3O2/c34-29(27-9-5-2-6-10-27)23-33(22-26-7-3-1-4-8-26)20-17-24-11-13-28(14-12-24)32-30(35)21-25-15-18-31-19-16-25/h1-16,18-19,29,34H,17,20-23H2,(H,32,35)/t29-/m0/s1. The predicted octanol–water partition coefficient (Wildman–Crippen LogP) is 5.04. The summed E-state index contributed by atoms with van der Waals surface area (Å²) in [5.74, 6) is -0.0483. The number of hydrogen-bond acceptors (Lipinski definition) is 4. The molecule has 4 rings (SSSR count). The number of carbonyl (C=O) groups excluding carboxylic acids is 1. The quantitative estimate of drug-likeness (QED) is 0.326. The third-order valence-electron chi connectivity index (χ3n) is 5.93. The van der Waals surface area contributed by atoms with Crippen LogP contribution in [0.25, 0.3) is 0 Å². The summed E-state index contributed by atoms with van der Waals surface area (Å²) in [6.07, 6.45) is 4.01. The zero-order valence-electron chi connectivity index (χ0n) is 19.8. The Morgan fingerprint density at radius 1 is 0.800 bits per heavy atom. The second-order valence-corrected chi connectivity index (χ2v) is 8.67. The van der Waals surface area contributed by atoms with Crippen molar-refractivity contribution in [1.82, 2.24) is 9.88 Å². The van der Waals surface area contributed by atoms with Crippen molar-refractivity contribution in [3.8, 4) is 0 Å². The average molecular weight is 466 g/mol. The van der Waals surface area contributed by atoms with E-state index in [0.29, 0.717) is 13.0 Å². The Bertz CT molecular complexity index is 1170. The molecular formula is C30H31N3O2. The first-order chi connectivity index (χ1) is 17.2. The monoisotopic (exact) mass is 465 g/mol. The molecule has 1 amide bonds. The Labute approximate surface area is 207 Å². The molecule has 0 spiro atoms. The summed E-state index contributed by atoms with van der Waals surface area (Å²) in [5, 5.41) is 13.8. The summed E-state index contributed by atoms with van der Waals surface area (Å²) in [6.45, 7) is 2.14. The average Bonchev–Trinajstić information content (AvgIpc) is 2.90. The summed E-state index contributed by atoms with van der Waals surface area (Å²) in [4.78, 5) is 18.6. The Kier molecular flexibility index (Phi) is 8.76. The number of carbonyl (C=O) groups is 1. The van der Waals surface area contributed by atoms with Crippen molar-refractivity contribution in [2.45, 2.75) is 25.5 Å². The van der Waals surface area contributed by atoms with Gasteiger partial charge >= 0.3 is 0 Å². The van der Waals surface area contributed by atoms with Gasteiger partial charge in [-0.15, -0.1) is 0 Å². The summed E-state index contributed by atoms with van der Waals surface area (Å²) >= 11 is 0. The van der Waals surface area contributed by atoms with Crippen LogP contribution in [0.2, 0.25) is 0 Å². The lowest BCUT2D eigenvalue weighted by Crippen LogP contribution is -2.30. The van der Waals surface area contributed by atoms with Gasteiger partial charge in [-0.05, 0) is 52.9 Å². The van der Waals surface area contributed by atoms with Crippen LogP contribution < -0.4 is 5.32 Å². The Morgan fingerprint density at radius 3 is 2.14 bits per heavy atom. The third-order valence-corrected chi connectivity index (χ3v) is 5.93. The van der Waals surface area contributed by atoms with E-state index in [9.17, 15) is 9.90 Å². The van der Waals surface area contributed by atoms with Gasteiger partial charge in [0.05, 0.1) is 12.5 Å². The number of aliphatic hydroxyl groups is 1. The zero-order chi connectivity index (χ0) is 24.3. The van der Waals surface area contributed by atoms with Crippen LogP contribution in [-0.4, -0.2) is 34.0 Å². The Hall–Kier alpha value is -3.80. The molecule has 35 heavy (non-hydrogen) atoms. The number of nitrogens with zero attached hydrogens (tertiary/aromatic N) is 2. The van der Waals surface area contributed by atoms with Gasteiger partial charge < -0.3 is 10.4 Å². The molecule has 3 aromatic carbocycles. The lowest BCUT2D eigenvalue weighted by Gasteiger charge is -2.25. The number of hydrogen-bond donors (Lipinski definition) is 2. The minimum atomic E-state index is -0.544. The van der Waals surface area contributed by atoms with Gasteiger partial charge in [0.2, 0.25) is 5.91 Å². The van der Waals surface area contributed by atoms with E-state index in [1.165, 1.54) is 11.1 Å². The molecule has 0 saturated carbocycles. The summed E-state index contributed by atoms with van der Waals surface area (Å²) in [7, 11) is 0. The molecule has 5 nitrogen and oxygen atoms in total. The predicted molar refractivity (Wildman–Crippen MR) is 140 cm³/mol. The smallest absolute Gasteiger partial charge is 0.228 e. The van der Waals surface area contributed by atoms with E-state index in [4.69, 9.17) is 0 Å². The summed E-state index contributed by atoms with van der Waals surface area (Å²) in [6, 6.07) is 31.8. The normalized spacial score (nSPS) is 11.8. The van der Waals surface area contributed by atoms with Crippen molar-refractivity contribution in [2.24, 2.45) is 0 Å². The van der Waals surface area contributed by atoms with E-state index in [2.05, 4.69) is 39.5 Å². The van der Waals surface area contributed by atoms with Crippen LogP contribution >= 0.6 is 0 Å². The van der Waals surface area contributed by atoms with Gasteiger partial charge in [-0.25, -0.2) is 0 Å². The number of amides is 1. The van der Waals surface area contributed by atoms with Crippen LogP contribution in [0.15, 0.2) is 109 Å². The molecule has 5 heteroatoms. The van der Waals surface area contributed by atoms with Gasteiger partial charge in [0.15, 0.2) is 0 Å². The fourth-order valence-electron chi connectivity index (χ4n) is 4.03. The molecule has 0 saturated heterocycles. The number of pyridine rings is 1. The van der Waals surface area contributed by atoms with Crippen molar-refractivity contribution in [1.29, 1.82) is 0 Å². The maximum absolute atomic E-state index is 12.3. The summed E-state index contributed by atoms with van der Waals surface area (Å²) < 4.78 is 0. The molecule has 0 aliphatic rings. The lowest BCUT2D eigenvalue weighted by molar-refractivity contribution is -0.115. The van der Waals surface area contributed by atoms with Crippen LogP contribution in [0.1, 0.15) is 28.4 Å². The van der Waals surface area contributed by atoms with Crippen LogP contribution in [0.5, 0.6) is 0 Å². The maximum atomic E-state index is 12.3. The van der Waals surface area contributed by atoms with Crippen LogP contribution in [-0.2, 0) is 24.2 Å². The van der Waals surface area contributed by atoms with Crippen LogP contribution in [0.3, 0.4) is 0 Å². The number of nitrogens with one attached hydrogen (secondary N) is 1. The first kappa shape index (κ1) is 24.3. The highest BCUT2D eigenvalue weighted by Crippen LogP contribution is 2.17. The van der Waals surface area contributed by atoms with E-state index in [1.54, 1.807) is 12.4 Å². The number of anilines is 1. The molecule has 0 fully saturated rings. The molecule has 0 aliphatic heterocycles. The van der Waals surface area contributed by atoms with Crippen molar-refractivity contribution >= 4 is 11.6 Å². The Morgan fingerprint density at radius 2 is 1.46 bits per heavy atom. The fraction of sp³-hybridized carbons (Fsp3) is 0.200. The maximum Gasteiger partial charge on any atom is 0.228 e. The number of rotatable bonds is 11. The molecule has 1 atom stereocenters. The van der Waals surface area contributed by atoms with Crippen LogP contribution in [0.4, 0.5) is 5.69 Å². The highest BCUT2D eigenvalue weighted by Gasteiger charge is 2.14. The number of aromatic nitrogens is 1. The van der Waals surface area contributed by atoms with E-state index in [0.717, 1.165) is 36.3 Å². The van der Waals surface area contributed by atoms with E-state index in [-0.39, 0.29) is 5.91 Å². The summed E-state index contributed by atoms with van der Waals surface area (Å²) in [5.41, 5.74) is 5.06. The van der Waals surface area contributed by atoms with Gasteiger partial charge in [0.25, 0.3) is 0 Å². The largest absolute Gasteiger partial charge is 0.387 e. The molecule has 1 aromatic heterocycles. The molecular weight excluding hydrogens is 434 g/mol. The Balaban J connectivity index is 1.34. The van der Waals surface area contributed by atoms with E-state index in [1.807, 2.05) is 72.8 Å². The fourth-order valence-corrected chi connectivity index (χ4v) is 4.03. The molecule has 2 N–H and O–H groups in total. The van der Waals surface area contributed by atoms with Gasteiger partial charge in [0, 0.05) is 37.7 Å². The first-order valence-electron chi connectivity index (χ1n) is 11.9. The molecule has 0 radical (unpaired) electrons. The molecule has 4 aromatic rings. The number of aliphatic hydroxyl groups excluding tert-OH is 1. The minimum Gasteiger partial charge on any atom is -0.387 e. The van der Waals surface area contributed by atoms with Crippen molar-refractivity contribution in [2.75, 3.05) is 18.4 Å². The molecule has 0 bridgehead atoms. The van der Waals surface area contributed by atoms with Crippen molar-refractivity contribution in [3.63, 3.8) is 0 Å². The van der Waals surface area contributed by atoms with Crippen molar-refractivity contribution < 1.29 is 9.90 Å². The zero-order valence-corrected chi connectivity index (χ0v) is 19.8. The van der Waals surface area contributed by atoms with E-state index >= 15 is 0 Å². The second kappa shape index (κ2) is 12.6. The van der Waals surface area contributed by atoms with Gasteiger partial charge in [-0.1, -0.05) is 72.8 Å². The molecule has 1 heterocycles. The highest BCUT2D eigenvalue weighted by molar-refractivity contribution is 5.92. The van der Waals surface area contributed by atoms with E-state index < -0.39 is 6.10 Å². The molecule has 0 aliphatic carbocycles. The van der Waals surface area contributed by atoms with Gasteiger partial charge in [-0.3, -0.25) is 14.7 Å². The first-order valence-corrected chi connectivity index (χ1v) is 11.9. The van der Waals surface area contributed by atoms with Crippen molar-refractivity contribution in [3.05, 3.63) is 132 Å². The second-order valence-electron chi connectivity index (χ2n) is 8.67. The van der Waals surface area contributed by atoms with Crippen LogP contribution in [0, 0.1) is 0 Å². The van der Waals surface area contributed by atoms with Gasteiger partial charge in [0.1, 0.15) is 0 Å². The third kappa shape index (κ3) is 7.88. The van der Waals surface area contributed by atoms with Gasteiger partial charge in [-0.2, -0.15) is 0 Å². The lowest BCUT2D eigenvalue weighted by atomic mass is 10.1. The molecule has 178 valence electrons. The topological polar surface area (TPSA) is 65.5 Å². The number of benzene rings is 3.